The molecule has 0 aromatic carbocycles. The lowest BCUT2D eigenvalue weighted by atomic mass is 9.95. The van der Waals surface area contributed by atoms with Gasteiger partial charge in [0.1, 0.15) is 17.1 Å². The van der Waals surface area contributed by atoms with Gasteiger partial charge in [0.05, 0.1) is 6.04 Å². The number of piperidine rings is 1. The molecular formula is C20H28N4O2. The van der Waals surface area contributed by atoms with Crippen molar-refractivity contribution in [3.05, 3.63) is 40.5 Å². The van der Waals surface area contributed by atoms with E-state index in [0.29, 0.717) is 11.7 Å². The monoisotopic (exact) mass is 356 g/mol. The zero-order valence-corrected chi connectivity index (χ0v) is 15.8. The van der Waals surface area contributed by atoms with Gasteiger partial charge in [-0.1, -0.05) is 11.6 Å². The Morgan fingerprint density at radius 3 is 2.96 bits per heavy atom. The summed E-state index contributed by atoms with van der Waals surface area (Å²) in [5, 5.41) is 7.13. The van der Waals surface area contributed by atoms with E-state index in [1.165, 1.54) is 36.9 Å². The number of likely N-dealkylation sites (tertiary alicyclic amines) is 1. The third kappa shape index (κ3) is 3.07. The van der Waals surface area contributed by atoms with Crippen LogP contribution in [0.3, 0.4) is 0 Å². The predicted octanol–water partition coefficient (Wildman–Crippen LogP) is 2.98. The fourth-order valence-corrected chi connectivity index (χ4v) is 4.50. The maximum Gasteiger partial charge on any atom is 0.267 e. The zero-order valence-electron chi connectivity index (χ0n) is 15.8. The van der Waals surface area contributed by atoms with E-state index >= 15 is 0 Å². The van der Waals surface area contributed by atoms with Crippen LogP contribution >= 0.6 is 0 Å². The van der Waals surface area contributed by atoms with E-state index in [1.54, 1.807) is 7.05 Å². The molecule has 140 valence electrons. The molecule has 1 unspecified atom stereocenters. The van der Waals surface area contributed by atoms with Crippen molar-refractivity contribution < 1.29 is 9.32 Å². The SMILES string of the molecule is CNC(=O)c1ccc(C2CCCCN2Cc2noc3c2CCCC3)n1C. The van der Waals surface area contributed by atoms with Crippen LogP contribution in [0.15, 0.2) is 16.7 Å². The van der Waals surface area contributed by atoms with Gasteiger partial charge in [0.25, 0.3) is 5.91 Å². The molecular weight excluding hydrogens is 328 g/mol. The molecule has 0 bridgehead atoms. The first kappa shape index (κ1) is 17.3. The van der Waals surface area contributed by atoms with Crippen molar-refractivity contribution in [1.29, 1.82) is 0 Å². The predicted molar refractivity (Wildman–Crippen MR) is 99.0 cm³/mol. The van der Waals surface area contributed by atoms with Gasteiger partial charge in [-0.05, 0) is 50.8 Å². The Balaban J connectivity index is 1.58. The Bertz CT molecular complexity index is 792. The maximum atomic E-state index is 12.1. The highest BCUT2D eigenvalue weighted by atomic mass is 16.5. The summed E-state index contributed by atoms with van der Waals surface area (Å²) in [5.74, 6) is 1.06. The molecule has 1 N–H and O–H groups in total. The molecule has 4 rings (SSSR count). The highest BCUT2D eigenvalue weighted by Gasteiger charge is 2.29. The zero-order chi connectivity index (χ0) is 18.1. The fraction of sp³-hybridized carbons (Fsp3) is 0.600. The van der Waals surface area contributed by atoms with E-state index in [9.17, 15) is 4.79 Å². The van der Waals surface area contributed by atoms with E-state index in [-0.39, 0.29) is 5.91 Å². The average Bonchev–Trinajstić information content (AvgIpc) is 3.26. The minimum absolute atomic E-state index is 0.0355. The standard InChI is InChI=1S/C20H28N4O2/c1-21-20(25)18-11-10-16(23(18)2)17-8-5-6-12-24(17)13-15-14-7-3-4-9-19(14)26-22-15/h10-11,17H,3-9,12-13H2,1-2H3,(H,21,25). The average molecular weight is 356 g/mol. The molecule has 1 fully saturated rings. The third-order valence-corrected chi connectivity index (χ3v) is 5.96. The summed E-state index contributed by atoms with van der Waals surface area (Å²) < 4.78 is 7.65. The van der Waals surface area contributed by atoms with Crippen LogP contribution in [-0.4, -0.2) is 34.1 Å². The summed E-state index contributed by atoms with van der Waals surface area (Å²) in [6.07, 6.45) is 8.11. The summed E-state index contributed by atoms with van der Waals surface area (Å²) in [6.45, 7) is 1.90. The van der Waals surface area contributed by atoms with Crippen LogP contribution in [0.2, 0.25) is 0 Å². The topological polar surface area (TPSA) is 63.3 Å². The molecule has 2 aliphatic rings. The van der Waals surface area contributed by atoms with Crippen molar-refractivity contribution in [2.45, 2.75) is 57.5 Å². The van der Waals surface area contributed by atoms with Gasteiger partial charge in [-0.3, -0.25) is 9.69 Å². The molecule has 0 radical (unpaired) electrons. The number of carbonyl (C=O) groups is 1. The molecule has 6 nitrogen and oxygen atoms in total. The maximum absolute atomic E-state index is 12.1. The van der Waals surface area contributed by atoms with Gasteiger partial charge >= 0.3 is 0 Å². The number of hydrogen-bond acceptors (Lipinski definition) is 4. The van der Waals surface area contributed by atoms with E-state index in [2.05, 4.69) is 21.4 Å². The Morgan fingerprint density at radius 2 is 2.12 bits per heavy atom. The number of aromatic nitrogens is 2. The molecule has 1 amide bonds. The summed E-state index contributed by atoms with van der Waals surface area (Å²) in [5.41, 5.74) is 4.39. The van der Waals surface area contributed by atoms with Crippen LogP contribution < -0.4 is 5.32 Å². The van der Waals surface area contributed by atoms with Gasteiger partial charge in [0.2, 0.25) is 0 Å². The second kappa shape index (κ2) is 7.27. The number of hydrogen-bond donors (Lipinski definition) is 1. The van der Waals surface area contributed by atoms with Crippen molar-refractivity contribution in [3.8, 4) is 0 Å². The molecule has 6 heteroatoms. The molecule has 2 aromatic rings. The Morgan fingerprint density at radius 1 is 1.27 bits per heavy atom. The number of rotatable bonds is 4. The van der Waals surface area contributed by atoms with Crippen LogP contribution in [-0.2, 0) is 26.4 Å². The second-order valence-electron chi connectivity index (χ2n) is 7.50. The van der Waals surface area contributed by atoms with Crippen LogP contribution in [0.1, 0.15) is 71.3 Å². The first-order valence-corrected chi connectivity index (χ1v) is 9.77. The molecule has 1 atom stereocenters. The van der Waals surface area contributed by atoms with Crippen molar-refractivity contribution in [3.63, 3.8) is 0 Å². The minimum Gasteiger partial charge on any atom is -0.361 e. The number of nitrogens with one attached hydrogen (secondary N) is 1. The smallest absolute Gasteiger partial charge is 0.267 e. The lowest BCUT2D eigenvalue weighted by molar-refractivity contribution is 0.0952. The summed E-state index contributed by atoms with van der Waals surface area (Å²) in [4.78, 5) is 14.6. The molecule has 1 saturated heterocycles. The number of nitrogens with zero attached hydrogens (tertiary/aromatic N) is 3. The van der Waals surface area contributed by atoms with Crippen LogP contribution in [0, 0.1) is 0 Å². The Hall–Kier alpha value is -2.08. The van der Waals surface area contributed by atoms with Gasteiger partial charge in [-0.2, -0.15) is 0 Å². The summed E-state index contributed by atoms with van der Waals surface area (Å²) in [6, 6.07) is 4.35. The summed E-state index contributed by atoms with van der Waals surface area (Å²) in [7, 11) is 3.67. The van der Waals surface area contributed by atoms with Crippen molar-refractivity contribution >= 4 is 5.91 Å². The van der Waals surface area contributed by atoms with Crippen molar-refractivity contribution in [2.75, 3.05) is 13.6 Å². The number of fused-ring (bicyclic) bond motifs is 1. The van der Waals surface area contributed by atoms with E-state index in [4.69, 9.17) is 4.52 Å². The Kier molecular flexibility index (Phi) is 4.85. The lowest BCUT2D eigenvalue weighted by Gasteiger charge is -2.36. The van der Waals surface area contributed by atoms with Crippen molar-refractivity contribution in [2.24, 2.45) is 7.05 Å². The molecule has 1 aliphatic heterocycles. The number of aryl methyl sites for hydroxylation is 1. The molecule has 0 spiro atoms. The third-order valence-electron chi connectivity index (χ3n) is 5.96. The first-order valence-electron chi connectivity index (χ1n) is 9.77. The van der Waals surface area contributed by atoms with Crippen LogP contribution in [0.25, 0.3) is 0 Å². The summed E-state index contributed by atoms with van der Waals surface area (Å²) >= 11 is 0. The van der Waals surface area contributed by atoms with Gasteiger partial charge in [0, 0.05) is 38.3 Å². The van der Waals surface area contributed by atoms with Crippen LogP contribution in [0.4, 0.5) is 0 Å². The number of amides is 1. The Labute approximate surface area is 154 Å². The molecule has 26 heavy (non-hydrogen) atoms. The highest BCUT2D eigenvalue weighted by Crippen LogP contribution is 2.34. The largest absolute Gasteiger partial charge is 0.361 e. The lowest BCUT2D eigenvalue weighted by Crippen LogP contribution is -2.34. The van der Waals surface area contributed by atoms with Gasteiger partial charge in [0.15, 0.2) is 0 Å². The molecule has 1 aliphatic carbocycles. The van der Waals surface area contributed by atoms with E-state index < -0.39 is 0 Å². The first-order chi connectivity index (χ1) is 12.7. The van der Waals surface area contributed by atoms with E-state index in [1.807, 2.05) is 17.7 Å². The fourth-order valence-electron chi connectivity index (χ4n) is 4.50. The van der Waals surface area contributed by atoms with Crippen molar-refractivity contribution in [1.82, 2.24) is 19.9 Å². The van der Waals surface area contributed by atoms with Gasteiger partial charge < -0.3 is 14.4 Å². The molecule has 0 saturated carbocycles. The van der Waals surface area contributed by atoms with Gasteiger partial charge in [-0.25, -0.2) is 0 Å². The van der Waals surface area contributed by atoms with Gasteiger partial charge in [-0.15, -0.1) is 0 Å². The van der Waals surface area contributed by atoms with E-state index in [0.717, 1.165) is 43.8 Å². The highest BCUT2D eigenvalue weighted by molar-refractivity contribution is 5.92. The normalized spacial score (nSPS) is 20.8. The minimum atomic E-state index is -0.0355. The molecule has 2 aromatic heterocycles. The number of carbonyl (C=O) groups excluding carboxylic acids is 1. The van der Waals surface area contributed by atoms with Crippen LogP contribution in [0.5, 0.6) is 0 Å². The molecule has 3 heterocycles. The quantitative estimate of drug-likeness (QED) is 0.915. The second-order valence-corrected chi connectivity index (χ2v) is 7.50.